The summed E-state index contributed by atoms with van der Waals surface area (Å²) in [6.07, 6.45) is 9.72. The molecule has 2 aliphatic rings. The van der Waals surface area contributed by atoms with Crippen molar-refractivity contribution < 1.29 is 9.53 Å². The number of carbonyl (C=O) groups excluding carboxylic acids is 1. The minimum Gasteiger partial charge on any atom is -0.376 e. The van der Waals surface area contributed by atoms with Crippen molar-refractivity contribution in [3.8, 4) is 0 Å². The molecule has 22 heavy (non-hydrogen) atoms. The van der Waals surface area contributed by atoms with Crippen molar-refractivity contribution in [2.75, 3.05) is 13.2 Å². The molecule has 0 aromatic heterocycles. The Morgan fingerprint density at radius 3 is 2.91 bits per heavy atom. The van der Waals surface area contributed by atoms with Gasteiger partial charge in [0.05, 0.1) is 6.10 Å². The average Bonchev–Trinajstić information content (AvgIpc) is 3.31. The summed E-state index contributed by atoms with van der Waals surface area (Å²) >= 11 is 0. The molecule has 2 fully saturated rings. The molecule has 1 aromatic carbocycles. The van der Waals surface area contributed by atoms with Gasteiger partial charge in [0.2, 0.25) is 5.91 Å². The molecule has 0 spiro atoms. The van der Waals surface area contributed by atoms with Crippen LogP contribution in [0.5, 0.6) is 0 Å². The van der Waals surface area contributed by atoms with Gasteiger partial charge in [-0.15, -0.1) is 0 Å². The highest BCUT2D eigenvalue weighted by atomic mass is 16.5. The van der Waals surface area contributed by atoms with Gasteiger partial charge in [-0.2, -0.15) is 0 Å². The Labute approximate surface area is 132 Å². The molecule has 1 unspecified atom stereocenters. The average molecular weight is 299 g/mol. The Kier molecular flexibility index (Phi) is 5.28. The molecular formula is C19H25NO2. The molecule has 1 aliphatic carbocycles. The molecule has 1 heterocycles. The fourth-order valence-corrected chi connectivity index (χ4v) is 3.11. The van der Waals surface area contributed by atoms with Gasteiger partial charge in [-0.25, -0.2) is 0 Å². The van der Waals surface area contributed by atoms with Gasteiger partial charge in [-0.05, 0) is 55.6 Å². The summed E-state index contributed by atoms with van der Waals surface area (Å²) in [5.41, 5.74) is 1.39. The molecule has 1 aromatic rings. The van der Waals surface area contributed by atoms with Crippen molar-refractivity contribution in [2.45, 2.75) is 38.2 Å². The van der Waals surface area contributed by atoms with E-state index in [9.17, 15) is 4.79 Å². The second-order valence-corrected chi connectivity index (χ2v) is 6.44. The fourth-order valence-electron chi connectivity index (χ4n) is 3.11. The van der Waals surface area contributed by atoms with E-state index in [1.54, 1.807) is 6.08 Å². The van der Waals surface area contributed by atoms with E-state index in [-0.39, 0.29) is 12.0 Å². The Bertz CT molecular complexity index is 505. The summed E-state index contributed by atoms with van der Waals surface area (Å²) < 4.78 is 5.61. The van der Waals surface area contributed by atoms with Crippen LogP contribution in [-0.2, 0) is 16.0 Å². The topological polar surface area (TPSA) is 38.3 Å². The van der Waals surface area contributed by atoms with Crippen molar-refractivity contribution in [3.63, 3.8) is 0 Å². The van der Waals surface area contributed by atoms with Gasteiger partial charge in [-0.1, -0.05) is 36.4 Å². The van der Waals surface area contributed by atoms with E-state index in [4.69, 9.17) is 4.74 Å². The number of benzene rings is 1. The van der Waals surface area contributed by atoms with E-state index in [1.807, 2.05) is 6.07 Å². The summed E-state index contributed by atoms with van der Waals surface area (Å²) in [6.45, 7) is 1.47. The van der Waals surface area contributed by atoms with Crippen LogP contribution in [0, 0.1) is 11.8 Å². The minimum absolute atomic E-state index is 0.0135. The van der Waals surface area contributed by atoms with Gasteiger partial charge < -0.3 is 10.1 Å². The maximum atomic E-state index is 11.8. The van der Waals surface area contributed by atoms with Crippen LogP contribution in [0.2, 0.25) is 0 Å². The minimum atomic E-state index is 0.0135. The smallest absolute Gasteiger partial charge is 0.243 e. The number of amides is 1. The Hall–Kier alpha value is -1.61. The molecule has 0 bridgehead atoms. The third kappa shape index (κ3) is 4.70. The maximum Gasteiger partial charge on any atom is 0.243 e. The number of ether oxygens (including phenoxy) is 1. The van der Waals surface area contributed by atoms with Crippen LogP contribution in [-0.4, -0.2) is 25.2 Å². The van der Waals surface area contributed by atoms with Crippen molar-refractivity contribution in [1.82, 2.24) is 5.32 Å². The molecule has 3 nitrogen and oxygen atoms in total. The van der Waals surface area contributed by atoms with E-state index in [2.05, 4.69) is 35.7 Å². The lowest BCUT2D eigenvalue weighted by molar-refractivity contribution is -0.117. The number of rotatable bonds is 6. The highest BCUT2D eigenvalue weighted by molar-refractivity contribution is 5.87. The van der Waals surface area contributed by atoms with Crippen LogP contribution < -0.4 is 5.32 Å². The second-order valence-electron chi connectivity index (χ2n) is 6.44. The van der Waals surface area contributed by atoms with Crippen molar-refractivity contribution in [3.05, 3.63) is 48.0 Å². The lowest BCUT2D eigenvalue weighted by atomic mass is 10.1. The summed E-state index contributed by atoms with van der Waals surface area (Å²) in [6, 6.07) is 10.6. The SMILES string of the molecule is O=C(/C=C/[C@@H]1C[C@H]1Cc1ccccc1)NCC1CCCCO1. The molecule has 118 valence electrons. The molecule has 1 N–H and O–H groups in total. The third-order valence-corrected chi connectivity index (χ3v) is 4.59. The first-order chi connectivity index (χ1) is 10.8. The summed E-state index contributed by atoms with van der Waals surface area (Å²) in [5, 5.41) is 2.95. The van der Waals surface area contributed by atoms with Gasteiger partial charge in [0, 0.05) is 13.2 Å². The maximum absolute atomic E-state index is 11.8. The zero-order chi connectivity index (χ0) is 15.2. The normalized spacial score (nSPS) is 27.7. The second kappa shape index (κ2) is 7.59. The van der Waals surface area contributed by atoms with Crippen LogP contribution in [0.25, 0.3) is 0 Å². The number of carbonyl (C=O) groups is 1. The van der Waals surface area contributed by atoms with Crippen LogP contribution in [0.15, 0.2) is 42.5 Å². The first-order valence-electron chi connectivity index (χ1n) is 8.43. The van der Waals surface area contributed by atoms with Crippen LogP contribution >= 0.6 is 0 Å². The Balaban J connectivity index is 1.34. The van der Waals surface area contributed by atoms with E-state index < -0.39 is 0 Å². The van der Waals surface area contributed by atoms with Crippen LogP contribution in [0.4, 0.5) is 0 Å². The molecular weight excluding hydrogens is 274 g/mol. The molecule has 1 amide bonds. The van der Waals surface area contributed by atoms with Crippen molar-refractivity contribution >= 4 is 5.91 Å². The Morgan fingerprint density at radius 2 is 2.14 bits per heavy atom. The number of hydrogen-bond donors (Lipinski definition) is 1. The summed E-state index contributed by atoms with van der Waals surface area (Å²) in [7, 11) is 0. The zero-order valence-corrected chi connectivity index (χ0v) is 13.0. The van der Waals surface area contributed by atoms with Gasteiger partial charge >= 0.3 is 0 Å². The standard InChI is InChI=1S/C19H25NO2/c21-19(20-14-18-8-4-5-11-22-18)10-9-16-13-17(16)12-15-6-2-1-3-7-15/h1-3,6-7,9-10,16-18H,4-5,8,11-14H2,(H,20,21)/b10-9+/t16-,17-,18?/m1/s1. The summed E-state index contributed by atoms with van der Waals surface area (Å²) in [5.74, 6) is 1.28. The molecule has 1 saturated heterocycles. The first-order valence-corrected chi connectivity index (χ1v) is 8.43. The summed E-state index contributed by atoms with van der Waals surface area (Å²) in [4.78, 5) is 11.8. The van der Waals surface area contributed by atoms with Crippen LogP contribution in [0.3, 0.4) is 0 Å². The van der Waals surface area contributed by atoms with Gasteiger partial charge in [0.25, 0.3) is 0 Å². The van der Waals surface area contributed by atoms with E-state index in [0.29, 0.717) is 18.4 Å². The van der Waals surface area contributed by atoms with E-state index in [0.717, 1.165) is 25.9 Å². The third-order valence-electron chi connectivity index (χ3n) is 4.59. The largest absolute Gasteiger partial charge is 0.376 e. The molecule has 3 atom stereocenters. The van der Waals surface area contributed by atoms with E-state index >= 15 is 0 Å². The molecule has 0 radical (unpaired) electrons. The van der Waals surface area contributed by atoms with Gasteiger partial charge in [0.15, 0.2) is 0 Å². The molecule has 3 heteroatoms. The molecule has 1 saturated carbocycles. The predicted molar refractivity (Wildman–Crippen MR) is 87.5 cm³/mol. The number of allylic oxidation sites excluding steroid dienone is 1. The van der Waals surface area contributed by atoms with Gasteiger partial charge in [-0.3, -0.25) is 4.79 Å². The fraction of sp³-hybridized carbons (Fsp3) is 0.526. The quantitative estimate of drug-likeness (QED) is 0.820. The highest BCUT2D eigenvalue weighted by Crippen LogP contribution is 2.42. The van der Waals surface area contributed by atoms with Crippen molar-refractivity contribution in [2.24, 2.45) is 11.8 Å². The highest BCUT2D eigenvalue weighted by Gasteiger charge is 2.34. The molecule has 3 rings (SSSR count). The lowest BCUT2D eigenvalue weighted by Gasteiger charge is -2.22. The Morgan fingerprint density at radius 1 is 1.27 bits per heavy atom. The van der Waals surface area contributed by atoms with Crippen molar-refractivity contribution in [1.29, 1.82) is 0 Å². The van der Waals surface area contributed by atoms with Gasteiger partial charge in [0.1, 0.15) is 0 Å². The zero-order valence-electron chi connectivity index (χ0n) is 13.0. The molecule has 1 aliphatic heterocycles. The lowest BCUT2D eigenvalue weighted by Crippen LogP contribution is -2.34. The number of hydrogen-bond acceptors (Lipinski definition) is 2. The number of nitrogens with one attached hydrogen (secondary N) is 1. The monoisotopic (exact) mass is 299 g/mol. The van der Waals surface area contributed by atoms with Crippen LogP contribution in [0.1, 0.15) is 31.2 Å². The predicted octanol–water partition coefficient (Wildman–Crippen LogP) is 3.11. The van der Waals surface area contributed by atoms with E-state index in [1.165, 1.54) is 18.4 Å². The first kappa shape index (κ1) is 15.3.